The Balaban J connectivity index is 0.926. The summed E-state index contributed by atoms with van der Waals surface area (Å²) in [5, 5.41) is 33.3. The number of carbonyl (C=O) groups excluding carboxylic acids is 12. The van der Waals surface area contributed by atoms with Crippen molar-refractivity contribution in [1.82, 2.24) is 26.2 Å². The van der Waals surface area contributed by atoms with Crippen LogP contribution in [0.4, 0.5) is 10.5 Å². The Bertz CT molecular complexity index is 2700. The zero-order valence-corrected chi connectivity index (χ0v) is 43.9. The summed E-state index contributed by atoms with van der Waals surface area (Å²) in [5.41, 5.74) is 3.24. The van der Waals surface area contributed by atoms with Crippen molar-refractivity contribution in [2.75, 3.05) is 18.5 Å². The molecule has 1 heterocycles. The number of amides is 8. The number of nitrogens with two attached hydrogens (primary N) is 1. The molecule has 24 heteroatoms. The molecule has 0 saturated heterocycles. The minimum atomic E-state index is -1.93. The van der Waals surface area contributed by atoms with Crippen LogP contribution < -0.4 is 32.3 Å². The smallest absolute Gasteiger partial charge is 0.481 e. The Kier molecular flexibility index (Phi) is 19.1. The average Bonchev–Trinajstić information content (AvgIpc) is 3.87. The number of ether oxygens (including phenoxy) is 2. The van der Waals surface area contributed by atoms with Crippen molar-refractivity contribution in [3.63, 3.8) is 0 Å². The summed E-state index contributed by atoms with van der Waals surface area (Å²) in [4.78, 5) is 166. The van der Waals surface area contributed by atoms with E-state index in [0.29, 0.717) is 44.1 Å². The number of rotatable bonds is 25. The summed E-state index contributed by atoms with van der Waals surface area (Å²) >= 11 is 0. The summed E-state index contributed by atoms with van der Waals surface area (Å²) in [5.74, 6) is -8.81. The molecule has 5 aliphatic rings. The second-order valence-electron chi connectivity index (χ2n) is 21.1. The highest BCUT2D eigenvalue weighted by atomic mass is 16.7. The number of primary amides is 1. The van der Waals surface area contributed by atoms with E-state index >= 15 is 0 Å². The number of anilines is 1. The van der Waals surface area contributed by atoms with Crippen LogP contribution in [0.25, 0.3) is 0 Å². The number of carbonyl (C=O) groups is 13. The maximum absolute atomic E-state index is 13.9. The van der Waals surface area contributed by atoms with Gasteiger partial charge in [-0.15, -0.1) is 0 Å². The Labute approximate surface area is 449 Å². The summed E-state index contributed by atoms with van der Waals surface area (Å²) in [6.45, 7) is 5.29. The molecule has 24 nitrogen and oxygen atoms in total. The van der Waals surface area contributed by atoms with Crippen molar-refractivity contribution in [3.8, 4) is 0 Å². The zero-order valence-electron chi connectivity index (χ0n) is 43.9. The molecule has 6 rings (SSSR count). The maximum atomic E-state index is 13.9. The molecule has 1 aliphatic heterocycles. The third kappa shape index (κ3) is 13.8. The molecule has 3 fully saturated rings. The molecule has 3 unspecified atom stereocenters. The molecule has 0 radical (unpaired) electrons. The molecule has 1 aromatic carbocycles. The molecule has 420 valence electrons. The lowest BCUT2D eigenvalue weighted by atomic mass is 9.46. The fourth-order valence-electron chi connectivity index (χ4n) is 11.5. The average molecular weight is 1090 g/mol. The largest absolute Gasteiger partial charge is 0.509 e. The molecule has 78 heavy (non-hydrogen) atoms. The Morgan fingerprint density at radius 3 is 2.09 bits per heavy atom. The number of ketones is 3. The van der Waals surface area contributed by atoms with Crippen LogP contribution in [-0.2, 0) is 73.6 Å². The number of Topliss-reactive ketones (excluding diaryl/α,β-unsaturated/α-hetero) is 2. The van der Waals surface area contributed by atoms with Crippen molar-refractivity contribution in [3.05, 3.63) is 65.8 Å². The molecule has 10 atom stereocenters. The van der Waals surface area contributed by atoms with E-state index in [4.69, 9.17) is 15.2 Å². The number of allylic oxidation sites excluding steroid dienone is 4. The van der Waals surface area contributed by atoms with E-state index in [2.05, 4.69) is 26.6 Å². The molecule has 0 bridgehead atoms. The number of fused-ring (bicyclic) bond motifs is 5. The predicted molar refractivity (Wildman–Crippen MR) is 272 cm³/mol. The third-order valence-electron chi connectivity index (χ3n) is 15.8. The molecule has 9 N–H and O–H groups in total. The number of unbranched alkanes of at least 4 members (excludes halogenated alkanes) is 2. The number of hydrogen-bond donors (Lipinski definition) is 8. The maximum Gasteiger partial charge on any atom is 0.509 e. The van der Waals surface area contributed by atoms with Crippen molar-refractivity contribution >= 4 is 82.4 Å². The molecule has 1 aromatic rings. The number of aliphatic hydroxyl groups is 1. The number of imide groups is 1. The third-order valence-corrected chi connectivity index (χ3v) is 15.8. The highest BCUT2D eigenvalue weighted by molar-refractivity contribution is 6.13. The summed E-state index contributed by atoms with van der Waals surface area (Å²) in [6.07, 6.45) is 7.53. The van der Waals surface area contributed by atoms with Gasteiger partial charge in [0.1, 0.15) is 42.2 Å². The number of carboxylic acids is 1. The van der Waals surface area contributed by atoms with Crippen LogP contribution in [0.3, 0.4) is 0 Å². The van der Waals surface area contributed by atoms with E-state index in [0.717, 1.165) is 22.6 Å². The van der Waals surface area contributed by atoms with E-state index in [1.54, 1.807) is 13.0 Å². The molecular weight excluding hydrogens is 1020 g/mol. The number of hydrogen-bond acceptors (Lipinski definition) is 16. The van der Waals surface area contributed by atoms with Crippen molar-refractivity contribution in [2.45, 2.75) is 141 Å². The van der Waals surface area contributed by atoms with Gasteiger partial charge in [0, 0.05) is 60.4 Å². The van der Waals surface area contributed by atoms with Crippen LogP contribution in [0.2, 0.25) is 0 Å². The van der Waals surface area contributed by atoms with Gasteiger partial charge < -0.3 is 52.0 Å². The highest BCUT2D eigenvalue weighted by Gasteiger charge is 2.68. The van der Waals surface area contributed by atoms with Gasteiger partial charge in [-0.1, -0.05) is 44.1 Å². The van der Waals surface area contributed by atoms with Crippen molar-refractivity contribution in [2.24, 2.45) is 34.3 Å². The monoisotopic (exact) mass is 1090 g/mol. The minimum Gasteiger partial charge on any atom is -0.481 e. The van der Waals surface area contributed by atoms with Crippen LogP contribution in [0.15, 0.2) is 60.2 Å². The lowest BCUT2D eigenvalue weighted by Crippen LogP contribution is -2.60. The molecule has 4 aliphatic carbocycles. The number of benzene rings is 1. The van der Waals surface area contributed by atoms with E-state index in [-0.39, 0.29) is 67.9 Å². The second kappa shape index (κ2) is 25.1. The fourth-order valence-corrected chi connectivity index (χ4v) is 11.5. The Morgan fingerprint density at radius 1 is 0.782 bits per heavy atom. The van der Waals surface area contributed by atoms with Gasteiger partial charge in [-0.2, -0.15) is 0 Å². The fraction of sp³-hybridized carbons (Fsp3) is 0.537. The highest BCUT2D eigenvalue weighted by Crippen LogP contribution is 2.66. The summed E-state index contributed by atoms with van der Waals surface area (Å²) in [7, 11) is 0. The van der Waals surface area contributed by atoms with Crippen LogP contribution in [0, 0.1) is 28.6 Å². The van der Waals surface area contributed by atoms with E-state index < -0.39 is 131 Å². The van der Waals surface area contributed by atoms with Crippen LogP contribution in [0.5, 0.6) is 0 Å². The summed E-state index contributed by atoms with van der Waals surface area (Å²) in [6, 6.07) is 0.252. The zero-order chi connectivity index (χ0) is 57.3. The van der Waals surface area contributed by atoms with Gasteiger partial charge >= 0.3 is 12.1 Å². The Hall–Kier alpha value is -7.89. The van der Waals surface area contributed by atoms with Gasteiger partial charge in [0.25, 0.3) is 11.8 Å². The molecule has 0 spiro atoms. The number of carboxylic acid groups (broad SMARTS) is 1. The first-order valence-corrected chi connectivity index (χ1v) is 25.9. The van der Waals surface area contributed by atoms with Crippen LogP contribution >= 0.6 is 0 Å². The normalized spacial score (nSPS) is 25.4. The van der Waals surface area contributed by atoms with Crippen molar-refractivity contribution in [1.29, 1.82) is 0 Å². The number of nitrogens with zero attached hydrogens (tertiary/aromatic N) is 1. The van der Waals surface area contributed by atoms with Gasteiger partial charge in [0.15, 0.2) is 12.4 Å². The van der Waals surface area contributed by atoms with Gasteiger partial charge in [-0.3, -0.25) is 62.4 Å². The molecule has 0 aromatic heterocycles. The molecule has 3 saturated carbocycles. The van der Waals surface area contributed by atoms with E-state index in [1.165, 1.54) is 44.2 Å². The van der Waals surface area contributed by atoms with Gasteiger partial charge in [-0.25, -0.2) is 4.79 Å². The first-order chi connectivity index (χ1) is 36.8. The predicted octanol–water partition coefficient (Wildman–Crippen LogP) is 1.27. The minimum absolute atomic E-state index is 0.0507. The SMILES string of the molecule is C[C@H](NC(=O)C(CCC(=O)O)NC(=O)CCCCCN1C(=O)C=CC1=O)C(=O)N[C@@H](C)C(=O)N[C@@H](CC(N)=O)C(=O)Nc1ccc(COC(=O)OCC(=O)[C@]2(O)CCC3[C@H]4CCC5=CC(=O)C=C[C@@]5(C)C4C(=O)C[C@]32C)cc1. The number of nitrogens with one attached hydrogen (secondary N) is 5. The van der Waals surface area contributed by atoms with Crippen molar-refractivity contribution < 1.29 is 82.0 Å². The first-order valence-electron chi connectivity index (χ1n) is 25.9. The Morgan fingerprint density at radius 2 is 1.44 bits per heavy atom. The lowest BCUT2D eigenvalue weighted by molar-refractivity contribution is -0.169. The summed E-state index contributed by atoms with van der Waals surface area (Å²) < 4.78 is 10.3. The second-order valence-corrected chi connectivity index (χ2v) is 21.1. The van der Waals surface area contributed by atoms with Crippen LogP contribution in [0.1, 0.15) is 110 Å². The topological polar surface area (TPSA) is 370 Å². The first kappa shape index (κ1) is 59.4. The van der Waals surface area contributed by atoms with E-state index in [9.17, 15) is 72.5 Å². The van der Waals surface area contributed by atoms with E-state index in [1.807, 2.05) is 13.0 Å². The molecular formula is C54H67N7O17. The van der Waals surface area contributed by atoms with Gasteiger partial charge in [0.05, 0.1) is 6.42 Å². The number of aliphatic carboxylic acids is 1. The molecule has 8 amide bonds. The quantitative estimate of drug-likeness (QED) is 0.0388. The lowest BCUT2D eigenvalue weighted by Gasteiger charge is -2.56. The standard InChI is InChI=1S/C54H67N7O17/c1-29(57-49(73)37(15-18-45(69)70)59-42(66)8-6-5-7-23-61-43(67)16-17-44(61)68)47(71)56-30(2)48(72)60-38(25-41(55)65)50(74)58-33-12-9-31(10-13-33)27-77-51(75)78-28-40(64)54(76)22-20-36-35-14-11-32-24-34(62)19-21-52(32,3)46(35)39(63)26-53(36,54)4/h9-10,12-13,16-17,19,21,24,29-30,35-38,46,76H,5-8,11,14-15,18,20,22-23,25-28H2,1-4H3,(H2,55,65)(H,56,71)(H,57,73)(H,58,74)(H,59,66)(H,60,72)(H,69,70)/t29-,30-,35+,36?,37?,38-,46?,52+,53+,54+/m0/s1. The van der Waals surface area contributed by atoms with Crippen LogP contribution in [-0.4, -0.2) is 135 Å². The van der Waals surface area contributed by atoms with Gasteiger partial charge in [0.2, 0.25) is 41.2 Å². The van der Waals surface area contributed by atoms with Gasteiger partial charge in [-0.05, 0) is 100 Å².